The van der Waals surface area contributed by atoms with Gasteiger partial charge in [0.2, 0.25) is 0 Å². The van der Waals surface area contributed by atoms with Crippen LogP contribution in [0.2, 0.25) is 0 Å². The molecule has 2 aliphatic rings. The monoisotopic (exact) mass is 394 g/mol. The highest BCUT2D eigenvalue weighted by Gasteiger charge is 2.35. The smallest absolute Gasteiger partial charge is 0.194 e. The van der Waals surface area contributed by atoms with Crippen molar-refractivity contribution in [3.8, 4) is 11.1 Å². The summed E-state index contributed by atoms with van der Waals surface area (Å²) in [5, 5.41) is 0. The molecule has 28 heavy (non-hydrogen) atoms. The fourth-order valence-electron chi connectivity index (χ4n) is 5.23. The van der Waals surface area contributed by atoms with Crippen LogP contribution in [-0.4, -0.2) is 0 Å². The van der Waals surface area contributed by atoms with Crippen molar-refractivity contribution in [2.24, 2.45) is 17.8 Å². The minimum Gasteiger partial charge on any atom is -0.206 e. The molecule has 150 valence electrons. The zero-order valence-corrected chi connectivity index (χ0v) is 15.8. The summed E-state index contributed by atoms with van der Waals surface area (Å²) in [6, 6.07) is 3.78. The summed E-state index contributed by atoms with van der Waals surface area (Å²) >= 11 is 0. The van der Waals surface area contributed by atoms with E-state index in [4.69, 9.17) is 0 Å². The number of halogens is 5. The summed E-state index contributed by atoms with van der Waals surface area (Å²) in [5.74, 6) is -4.19. The van der Waals surface area contributed by atoms with E-state index in [1.54, 1.807) is 0 Å². The lowest BCUT2D eigenvalue weighted by Gasteiger charge is -2.41. The molecule has 0 spiro atoms. The Balaban J connectivity index is 1.62. The molecule has 0 radical (unpaired) electrons. The van der Waals surface area contributed by atoms with Gasteiger partial charge in [-0.3, -0.25) is 0 Å². The van der Waals surface area contributed by atoms with Crippen molar-refractivity contribution in [1.29, 1.82) is 0 Å². The summed E-state index contributed by atoms with van der Waals surface area (Å²) in [6.07, 6.45) is 6.50. The normalized spacial score (nSPS) is 27.5. The van der Waals surface area contributed by atoms with Crippen LogP contribution < -0.4 is 0 Å². The Bertz CT molecular complexity index is 845. The largest absolute Gasteiger partial charge is 0.206 e. The van der Waals surface area contributed by atoms with Gasteiger partial charge in [0.15, 0.2) is 17.5 Å². The van der Waals surface area contributed by atoms with Crippen LogP contribution in [0.3, 0.4) is 0 Å². The van der Waals surface area contributed by atoms with Gasteiger partial charge in [-0.1, -0.05) is 13.3 Å². The van der Waals surface area contributed by atoms with Crippen LogP contribution in [0.5, 0.6) is 0 Å². The molecule has 4 atom stereocenters. The second kappa shape index (κ2) is 7.49. The molecule has 0 bridgehead atoms. The van der Waals surface area contributed by atoms with E-state index in [1.807, 2.05) is 0 Å². The first-order valence-corrected chi connectivity index (χ1v) is 9.97. The predicted octanol–water partition coefficient (Wildman–Crippen LogP) is 7.37. The average molecular weight is 394 g/mol. The maximum atomic E-state index is 14.7. The standard InChI is InChI=1S/C23H23F5/c1-12-2-3-14-7-15(5-4-13(14)6-12)16-8-18(24)22(19(25)9-16)17-10-20(26)23(28)21(27)11-17/h8-15H,2-7H2,1H3. The zero-order chi connectivity index (χ0) is 20.0. The van der Waals surface area contributed by atoms with Gasteiger partial charge in [-0.15, -0.1) is 0 Å². The van der Waals surface area contributed by atoms with Crippen LogP contribution in [0.1, 0.15) is 56.9 Å². The zero-order valence-electron chi connectivity index (χ0n) is 15.8. The lowest BCUT2D eigenvalue weighted by atomic mass is 9.64. The highest BCUT2D eigenvalue weighted by molar-refractivity contribution is 5.65. The summed E-state index contributed by atoms with van der Waals surface area (Å²) in [4.78, 5) is 0. The summed E-state index contributed by atoms with van der Waals surface area (Å²) < 4.78 is 69.6. The first-order chi connectivity index (χ1) is 13.3. The molecule has 0 amide bonds. The predicted molar refractivity (Wildman–Crippen MR) is 98.3 cm³/mol. The van der Waals surface area contributed by atoms with E-state index < -0.39 is 34.6 Å². The second-order valence-electron chi connectivity index (χ2n) is 8.56. The van der Waals surface area contributed by atoms with Crippen LogP contribution >= 0.6 is 0 Å². The SMILES string of the molecule is CC1CCC2CC(c3cc(F)c(-c4cc(F)c(F)c(F)c4)c(F)c3)CCC2C1. The fraction of sp³-hybridized carbons (Fsp3) is 0.478. The Hall–Kier alpha value is -1.91. The maximum absolute atomic E-state index is 14.7. The third-order valence-electron chi connectivity index (χ3n) is 6.68. The van der Waals surface area contributed by atoms with E-state index in [2.05, 4.69) is 6.92 Å². The van der Waals surface area contributed by atoms with Crippen LogP contribution in [0, 0.1) is 46.8 Å². The summed E-state index contributed by atoms with van der Waals surface area (Å²) in [5.41, 5.74) is -0.275. The Kier molecular flexibility index (Phi) is 5.19. The van der Waals surface area contributed by atoms with Crippen LogP contribution in [-0.2, 0) is 0 Å². The minimum atomic E-state index is -1.65. The van der Waals surface area contributed by atoms with Gasteiger partial charge in [0.05, 0.1) is 5.56 Å². The van der Waals surface area contributed by atoms with Gasteiger partial charge < -0.3 is 0 Å². The van der Waals surface area contributed by atoms with E-state index in [0.717, 1.165) is 25.2 Å². The number of benzene rings is 2. The molecule has 0 heterocycles. The highest BCUT2D eigenvalue weighted by Crippen LogP contribution is 2.48. The fourth-order valence-corrected chi connectivity index (χ4v) is 5.23. The van der Waals surface area contributed by atoms with Gasteiger partial charge in [-0.25, -0.2) is 22.0 Å². The minimum absolute atomic E-state index is 0.0920. The average Bonchev–Trinajstić information content (AvgIpc) is 2.65. The van der Waals surface area contributed by atoms with Crippen molar-refractivity contribution < 1.29 is 22.0 Å². The van der Waals surface area contributed by atoms with Gasteiger partial charge in [0.25, 0.3) is 0 Å². The molecular weight excluding hydrogens is 371 g/mol. The van der Waals surface area contributed by atoms with Gasteiger partial charge >= 0.3 is 0 Å². The van der Waals surface area contributed by atoms with Gasteiger partial charge in [0, 0.05) is 0 Å². The molecule has 4 unspecified atom stereocenters. The summed E-state index contributed by atoms with van der Waals surface area (Å²) in [7, 11) is 0. The Morgan fingerprint density at radius 3 is 1.89 bits per heavy atom. The number of rotatable bonds is 2. The first-order valence-electron chi connectivity index (χ1n) is 9.97. The van der Waals surface area contributed by atoms with Crippen LogP contribution in [0.25, 0.3) is 11.1 Å². The quantitative estimate of drug-likeness (QED) is 0.368. The van der Waals surface area contributed by atoms with Gasteiger partial charge in [0.1, 0.15) is 11.6 Å². The molecule has 0 aliphatic heterocycles. The molecule has 2 aromatic rings. The van der Waals surface area contributed by atoms with Crippen molar-refractivity contribution in [3.63, 3.8) is 0 Å². The van der Waals surface area contributed by atoms with E-state index in [9.17, 15) is 22.0 Å². The Morgan fingerprint density at radius 2 is 1.25 bits per heavy atom. The maximum Gasteiger partial charge on any atom is 0.194 e. The molecule has 0 nitrogen and oxygen atoms in total. The van der Waals surface area contributed by atoms with E-state index in [-0.39, 0.29) is 11.5 Å². The number of fused-ring (bicyclic) bond motifs is 1. The lowest BCUT2D eigenvalue weighted by molar-refractivity contribution is 0.124. The molecule has 0 saturated heterocycles. The van der Waals surface area contributed by atoms with Gasteiger partial charge in [-0.2, -0.15) is 0 Å². The molecular formula is C23H23F5. The van der Waals surface area contributed by atoms with Crippen molar-refractivity contribution in [3.05, 3.63) is 58.9 Å². The van der Waals surface area contributed by atoms with Crippen molar-refractivity contribution >= 4 is 0 Å². The number of hydrogen-bond donors (Lipinski definition) is 0. The third kappa shape index (κ3) is 3.56. The van der Waals surface area contributed by atoms with E-state index in [1.165, 1.54) is 31.4 Å². The second-order valence-corrected chi connectivity index (χ2v) is 8.56. The summed E-state index contributed by atoms with van der Waals surface area (Å²) in [6.45, 7) is 2.28. The van der Waals surface area contributed by atoms with Gasteiger partial charge in [-0.05, 0) is 91.2 Å². The topological polar surface area (TPSA) is 0 Å². The van der Waals surface area contributed by atoms with E-state index in [0.29, 0.717) is 29.5 Å². The first kappa shape index (κ1) is 19.4. The number of hydrogen-bond acceptors (Lipinski definition) is 0. The molecule has 2 saturated carbocycles. The third-order valence-corrected chi connectivity index (χ3v) is 6.68. The van der Waals surface area contributed by atoms with Crippen LogP contribution in [0.4, 0.5) is 22.0 Å². The van der Waals surface area contributed by atoms with Crippen molar-refractivity contribution in [1.82, 2.24) is 0 Å². The molecule has 5 heteroatoms. The van der Waals surface area contributed by atoms with Crippen molar-refractivity contribution in [2.45, 2.75) is 51.4 Å². The molecule has 0 aromatic heterocycles. The molecule has 2 aromatic carbocycles. The molecule has 2 fully saturated rings. The molecule has 0 N–H and O–H groups in total. The van der Waals surface area contributed by atoms with E-state index >= 15 is 0 Å². The molecule has 4 rings (SSSR count). The highest BCUT2D eigenvalue weighted by atomic mass is 19.2. The van der Waals surface area contributed by atoms with Crippen molar-refractivity contribution in [2.75, 3.05) is 0 Å². The Labute approximate surface area is 161 Å². The Morgan fingerprint density at radius 1 is 0.679 bits per heavy atom. The van der Waals surface area contributed by atoms with Crippen LogP contribution in [0.15, 0.2) is 24.3 Å². The molecule has 2 aliphatic carbocycles. The lowest BCUT2D eigenvalue weighted by Crippen LogP contribution is -2.29.